The molecule has 0 bridgehead atoms. The second-order valence-corrected chi connectivity index (χ2v) is 5.11. The Morgan fingerprint density at radius 1 is 1.06 bits per heavy atom. The Hall–Kier alpha value is -1.96. The molecule has 3 rings (SSSR count). The van der Waals surface area contributed by atoms with Crippen molar-refractivity contribution in [3.63, 3.8) is 0 Å². The van der Waals surface area contributed by atoms with Gasteiger partial charge < -0.3 is 10.6 Å². The van der Waals surface area contributed by atoms with Gasteiger partial charge in [-0.05, 0) is 48.2 Å². The van der Waals surface area contributed by atoms with Crippen LogP contribution in [0.2, 0.25) is 0 Å². The zero-order valence-electron chi connectivity index (χ0n) is 10.9. The Morgan fingerprint density at radius 3 is 2.67 bits per heavy atom. The lowest BCUT2D eigenvalue weighted by Gasteiger charge is -2.19. The highest BCUT2D eigenvalue weighted by molar-refractivity contribution is 5.83. The molecular formula is C16H18N2. The number of hydrogen-bond donors (Lipinski definition) is 1. The Morgan fingerprint density at radius 2 is 1.83 bits per heavy atom. The molecule has 0 aromatic heterocycles. The van der Waals surface area contributed by atoms with Gasteiger partial charge in [0.2, 0.25) is 0 Å². The summed E-state index contributed by atoms with van der Waals surface area (Å²) >= 11 is 0. The lowest BCUT2D eigenvalue weighted by atomic mass is 9.96. The minimum absolute atomic E-state index is 0.854. The Bertz CT molecular complexity index is 602. The minimum atomic E-state index is 0.854. The van der Waals surface area contributed by atoms with E-state index >= 15 is 0 Å². The third-order valence-corrected chi connectivity index (χ3v) is 3.70. The third-order valence-electron chi connectivity index (χ3n) is 3.70. The lowest BCUT2D eigenvalue weighted by molar-refractivity contribution is 0.889. The van der Waals surface area contributed by atoms with E-state index in [0.717, 1.165) is 18.7 Å². The van der Waals surface area contributed by atoms with Crippen molar-refractivity contribution < 1.29 is 0 Å². The molecule has 1 aliphatic heterocycles. The van der Waals surface area contributed by atoms with E-state index in [1.54, 1.807) is 0 Å². The first kappa shape index (κ1) is 11.1. The van der Waals surface area contributed by atoms with E-state index < -0.39 is 0 Å². The van der Waals surface area contributed by atoms with Crippen molar-refractivity contribution in [1.82, 2.24) is 0 Å². The first-order valence-electron chi connectivity index (χ1n) is 6.36. The summed E-state index contributed by atoms with van der Waals surface area (Å²) in [5, 5.41) is 0. The quantitative estimate of drug-likeness (QED) is 0.714. The van der Waals surface area contributed by atoms with Crippen molar-refractivity contribution in [2.45, 2.75) is 13.3 Å². The monoisotopic (exact) mass is 238 g/mol. The summed E-state index contributed by atoms with van der Waals surface area (Å²) in [5.41, 5.74) is 13.4. The van der Waals surface area contributed by atoms with Gasteiger partial charge in [-0.2, -0.15) is 0 Å². The van der Waals surface area contributed by atoms with Crippen LogP contribution < -0.4 is 10.6 Å². The summed E-state index contributed by atoms with van der Waals surface area (Å²) < 4.78 is 0. The fourth-order valence-electron chi connectivity index (χ4n) is 2.68. The summed E-state index contributed by atoms with van der Waals surface area (Å²) in [6.07, 6.45) is 1.05. The van der Waals surface area contributed by atoms with Gasteiger partial charge in [-0.1, -0.05) is 18.2 Å². The summed E-state index contributed by atoms with van der Waals surface area (Å²) in [6, 6.07) is 12.9. The largest absolute Gasteiger partial charge is 0.399 e. The van der Waals surface area contributed by atoms with Crippen LogP contribution in [0.15, 0.2) is 36.4 Å². The highest BCUT2D eigenvalue weighted by atomic mass is 15.1. The number of likely N-dealkylation sites (N-methyl/N-ethyl adjacent to an activating group) is 1. The van der Waals surface area contributed by atoms with E-state index in [-0.39, 0.29) is 0 Å². The van der Waals surface area contributed by atoms with Crippen LogP contribution in [0.3, 0.4) is 0 Å². The van der Waals surface area contributed by atoms with Gasteiger partial charge in [0.15, 0.2) is 0 Å². The van der Waals surface area contributed by atoms with E-state index in [9.17, 15) is 0 Å². The normalized spacial score (nSPS) is 13.8. The van der Waals surface area contributed by atoms with Crippen molar-refractivity contribution in [3.8, 4) is 11.1 Å². The molecule has 2 aromatic rings. The molecule has 18 heavy (non-hydrogen) atoms. The molecule has 0 amide bonds. The SMILES string of the molecule is Cc1ccc2c(c1)N(C)CCc1cc(N)ccc1-2. The number of benzene rings is 2. The van der Waals surface area contributed by atoms with Crippen molar-refractivity contribution in [1.29, 1.82) is 0 Å². The number of nitrogens with two attached hydrogens (primary N) is 1. The van der Waals surface area contributed by atoms with Gasteiger partial charge >= 0.3 is 0 Å². The van der Waals surface area contributed by atoms with E-state index in [2.05, 4.69) is 49.2 Å². The molecule has 0 atom stereocenters. The molecule has 2 N–H and O–H groups in total. The first-order chi connectivity index (χ1) is 8.65. The van der Waals surface area contributed by atoms with Crippen LogP contribution >= 0.6 is 0 Å². The van der Waals surface area contributed by atoms with Crippen LogP contribution in [0.4, 0.5) is 11.4 Å². The Kier molecular flexibility index (Phi) is 2.51. The Balaban J connectivity index is 2.26. The highest BCUT2D eigenvalue weighted by Gasteiger charge is 2.17. The van der Waals surface area contributed by atoms with Crippen LogP contribution in [0.5, 0.6) is 0 Å². The van der Waals surface area contributed by atoms with Gasteiger partial charge in [0, 0.05) is 30.5 Å². The summed E-state index contributed by atoms with van der Waals surface area (Å²) in [4.78, 5) is 2.33. The number of nitrogens with zero attached hydrogens (tertiary/aromatic N) is 1. The molecule has 0 saturated carbocycles. The van der Waals surface area contributed by atoms with Gasteiger partial charge in [0.1, 0.15) is 0 Å². The van der Waals surface area contributed by atoms with E-state index in [4.69, 9.17) is 5.73 Å². The van der Waals surface area contributed by atoms with Gasteiger partial charge in [0.25, 0.3) is 0 Å². The van der Waals surface area contributed by atoms with Crippen LogP contribution in [0, 0.1) is 6.92 Å². The van der Waals surface area contributed by atoms with E-state index in [1.165, 1.54) is 27.9 Å². The van der Waals surface area contributed by atoms with Crippen LogP contribution in [-0.2, 0) is 6.42 Å². The lowest BCUT2D eigenvalue weighted by Crippen LogP contribution is -2.19. The topological polar surface area (TPSA) is 29.3 Å². The minimum Gasteiger partial charge on any atom is -0.399 e. The molecule has 2 aromatic carbocycles. The van der Waals surface area contributed by atoms with Gasteiger partial charge in [-0.3, -0.25) is 0 Å². The Labute approximate surface area is 108 Å². The first-order valence-corrected chi connectivity index (χ1v) is 6.36. The summed E-state index contributed by atoms with van der Waals surface area (Å²) in [5.74, 6) is 0. The van der Waals surface area contributed by atoms with Crippen LogP contribution in [-0.4, -0.2) is 13.6 Å². The molecule has 1 heterocycles. The molecule has 0 aliphatic carbocycles. The fraction of sp³-hybridized carbons (Fsp3) is 0.250. The number of anilines is 2. The molecule has 2 heteroatoms. The van der Waals surface area contributed by atoms with Crippen molar-refractivity contribution in [2.24, 2.45) is 0 Å². The molecule has 0 unspecified atom stereocenters. The molecule has 2 nitrogen and oxygen atoms in total. The average Bonchev–Trinajstić information content (AvgIpc) is 2.48. The van der Waals surface area contributed by atoms with Gasteiger partial charge in [0.05, 0.1) is 0 Å². The predicted molar refractivity (Wildman–Crippen MR) is 78.0 cm³/mol. The number of rotatable bonds is 0. The fourth-order valence-corrected chi connectivity index (χ4v) is 2.68. The maximum absolute atomic E-state index is 5.90. The smallest absolute Gasteiger partial charge is 0.0446 e. The standard InChI is InChI=1S/C16H18N2/c1-11-3-5-15-14-6-4-13(17)10-12(14)7-8-18(2)16(15)9-11/h3-6,9-10H,7-8,17H2,1-2H3. The zero-order valence-corrected chi connectivity index (χ0v) is 10.9. The number of fused-ring (bicyclic) bond motifs is 3. The molecule has 0 spiro atoms. The molecule has 0 fully saturated rings. The van der Waals surface area contributed by atoms with Gasteiger partial charge in [-0.25, -0.2) is 0 Å². The van der Waals surface area contributed by atoms with Gasteiger partial charge in [-0.15, -0.1) is 0 Å². The van der Waals surface area contributed by atoms with Crippen molar-refractivity contribution in [2.75, 3.05) is 24.2 Å². The maximum atomic E-state index is 5.90. The van der Waals surface area contributed by atoms with E-state index in [0.29, 0.717) is 0 Å². The van der Waals surface area contributed by atoms with Crippen molar-refractivity contribution in [3.05, 3.63) is 47.5 Å². The third kappa shape index (κ3) is 1.74. The highest BCUT2D eigenvalue weighted by Crippen LogP contribution is 2.37. The second kappa shape index (κ2) is 4.05. The summed E-state index contributed by atoms with van der Waals surface area (Å²) in [6.45, 7) is 3.18. The summed E-state index contributed by atoms with van der Waals surface area (Å²) in [7, 11) is 2.16. The van der Waals surface area contributed by atoms with Crippen molar-refractivity contribution >= 4 is 11.4 Å². The maximum Gasteiger partial charge on any atom is 0.0446 e. The number of nitrogen functional groups attached to an aromatic ring is 1. The van der Waals surface area contributed by atoms with E-state index in [1.807, 2.05) is 6.07 Å². The van der Waals surface area contributed by atoms with Crippen LogP contribution in [0.25, 0.3) is 11.1 Å². The molecular weight excluding hydrogens is 220 g/mol. The second-order valence-electron chi connectivity index (χ2n) is 5.11. The number of hydrogen-bond acceptors (Lipinski definition) is 2. The molecule has 92 valence electrons. The number of aryl methyl sites for hydroxylation is 1. The molecule has 1 aliphatic rings. The zero-order chi connectivity index (χ0) is 12.7. The van der Waals surface area contributed by atoms with Crippen LogP contribution in [0.1, 0.15) is 11.1 Å². The molecule has 0 radical (unpaired) electrons. The predicted octanol–water partition coefficient (Wildman–Crippen LogP) is 3.24. The molecule has 0 saturated heterocycles. The average molecular weight is 238 g/mol.